The summed E-state index contributed by atoms with van der Waals surface area (Å²) in [6.45, 7) is 6.01. The number of alkyl halides is 3. The molecule has 0 saturated carbocycles. The standard InChI is InChI=1S/C34H31F3N8O5/c1-33(2,32(50)40-21-4-3-18(11-38)26(9-21)34(35,36)37)44-17-23(12-39-44)43-15-19-13-42(14-20(19)16-43)22-5-6-24-25(10-22)31(49)45(30(24)48)27-7-8-28(46)41-29(27)47/h3-6,9-10,12,17,19-20,27H,7-8,13-16H2,1-2H3,(H,40,50)(H,41,46,47). The van der Waals surface area contributed by atoms with Gasteiger partial charge in [-0.3, -0.25) is 38.9 Å². The molecule has 5 amide bonds. The van der Waals surface area contributed by atoms with Gasteiger partial charge in [0.25, 0.3) is 17.7 Å². The highest BCUT2D eigenvalue weighted by Crippen LogP contribution is 2.39. The number of carbonyl (C=O) groups is 5. The van der Waals surface area contributed by atoms with Crippen LogP contribution in [0, 0.1) is 23.2 Å². The number of piperidine rings is 1. The number of anilines is 3. The van der Waals surface area contributed by atoms with Crippen molar-refractivity contribution in [2.75, 3.05) is 41.3 Å². The SMILES string of the molecule is CC(C)(C(=O)Nc1ccc(C#N)c(C(F)(F)F)c1)n1cc(N2CC3CN(c4ccc5c(c4)C(=O)N(C4CCC(=O)NC4=O)C5=O)CC3C2)cn1. The molecule has 3 atom stereocenters. The van der Waals surface area contributed by atoms with Gasteiger partial charge >= 0.3 is 6.18 Å². The average molecular weight is 689 g/mol. The summed E-state index contributed by atoms with van der Waals surface area (Å²) in [5.74, 6) is -2.23. The Labute approximate surface area is 283 Å². The third-order valence-corrected chi connectivity index (χ3v) is 10.0. The van der Waals surface area contributed by atoms with Crippen molar-refractivity contribution in [1.29, 1.82) is 5.26 Å². The summed E-state index contributed by atoms with van der Waals surface area (Å²) in [5.41, 5.74) is -0.989. The number of nitrogens with one attached hydrogen (secondary N) is 2. The number of benzene rings is 2. The number of hydrogen-bond acceptors (Lipinski definition) is 9. The van der Waals surface area contributed by atoms with E-state index in [0.717, 1.165) is 28.4 Å². The summed E-state index contributed by atoms with van der Waals surface area (Å²) in [4.78, 5) is 68.9. The quantitative estimate of drug-likeness (QED) is 0.371. The Balaban J connectivity index is 0.991. The molecule has 13 nitrogen and oxygen atoms in total. The Bertz CT molecular complexity index is 2000. The molecule has 3 unspecified atom stereocenters. The Hall–Kier alpha value is -5.72. The molecule has 0 aliphatic carbocycles. The monoisotopic (exact) mass is 688 g/mol. The van der Waals surface area contributed by atoms with Gasteiger partial charge < -0.3 is 15.1 Å². The first kappa shape index (κ1) is 32.8. The maximum Gasteiger partial charge on any atom is 0.417 e. The molecule has 3 saturated heterocycles. The largest absolute Gasteiger partial charge is 0.417 e. The van der Waals surface area contributed by atoms with Crippen molar-refractivity contribution in [3.63, 3.8) is 0 Å². The minimum absolute atomic E-state index is 0.0471. The van der Waals surface area contributed by atoms with Gasteiger partial charge in [0.05, 0.1) is 40.2 Å². The number of nitriles is 1. The second kappa shape index (κ2) is 11.7. The molecule has 1 aromatic heterocycles. The number of aromatic nitrogens is 2. The Morgan fingerprint density at radius 2 is 1.60 bits per heavy atom. The van der Waals surface area contributed by atoms with Crippen molar-refractivity contribution in [3.8, 4) is 6.07 Å². The number of imide groups is 2. The van der Waals surface area contributed by atoms with E-state index >= 15 is 0 Å². The highest BCUT2D eigenvalue weighted by molar-refractivity contribution is 6.23. The molecule has 2 N–H and O–H groups in total. The van der Waals surface area contributed by atoms with E-state index in [0.29, 0.717) is 26.2 Å². The summed E-state index contributed by atoms with van der Waals surface area (Å²) in [5, 5.41) is 18.2. The fourth-order valence-corrected chi connectivity index (χ4v) is 7.19. The number of fused-ring (bicyclic) bond motifs is 2. The topological polar surface area (TPSA) is 161 Å². The van der Waals surface area contributed by atoms with Gasteiger partial charge in [-0.2, -0.15) is 23.5 Å². The molecule has 3 aromatic rings. The zero-order valence-electron chi connectivity index (χ0n) is 27.0. The highest BCUT2D eigenvalue weighted by Gasteiger charge is 2.46. The number of nitrogens with zero attached hydrogens (tertiary/aromatic N) is 6. The van der Waals surface area contributed by atoms with Crippen LogP contribution in [0.25, 0.3) is 0 Å². The van der Waals surface area contributed by atoms with Crippen LogP contribution in [0.4, 0.5) is 30.2 Å². The first-order valence-corrected chi connectivity index (χ1v) is 16.0. The molecule has 4 aliphatic rings. The Morgan fingerprint density at radius 3 is 2.24 bits per heavy atom. The highest BCUT2D eigenvalue weighted by atomic mass is 19.4. The number of rotatable bonds is 6. The number of carbonyl (C=O) groups excluding carboxylic acids is 5. The lowest BCUT2D eigenvalue weighted by atomic mass is 10.0. The molecule has 50 heavy (non-hydrogen) atoms. The Morgan fingerprint density at radius 1 is 0.940 bits per heavy atom. The molecule has 16 heteroatoms. The van der Waals surface area contributed by atoms with Crippen molar-refractivity contribution in [1.82, 2.24) is 20.0 Å². The van der Waals surface area contributed by atoms with Crippen LogP contribution in [-0.2, 0) is 26.1 Å². The van der Waals surface area contributed by atoms with Gasteiger partial charge in [0.1, 0.15) is 11.6 Å². The van der Waals surface area contributed by atoms with Gasteiger partial charge in [-0.1, -0.05) is 0 Å². The van der Waals surface area contributed by atoms with Crippen LogP contribution in [0.5, 0.6) is 0 Å². The summed E-state index contributed by atoms with van der Waals surface area (Å²) in [7, 11) is 0. The van der Waals surface area contributed by atoms with Gasteiger partial charge in [-0.05, 0) is 56.7 Å². The average Bonchev–Trinajstić information content (AvgIpc) is 3.84. The fraction of sp³-hybridized carbons (Fsp3) is 0.382. The second-order valence-electron chi connectivity index (χ2n) is 13.5. The minimum atomic E-state index is -4.76. The molecule has 5 heterocycles. The normalized spacial score (nSPS) is 22.1. The van der Waals surface area contributed by atoms with E-state index in [2.05, 4.69) is 25.5 Å². The zero-order chi connectivity index (χ0) is 35.7. The van der Waals surface area contributed by atoms with Crippen LogP contribution in [0.1, 0.15) is 58.5 Å². The van der Waals surface area contributed by atoms with Crippen LogP contribution in [0.15, 0.2) is 48.8 Å². The lowest BCUT2D eigenvalue weighted by Gasteiger charge is -2.27. The molecule has 0 bridgehead atoms. The molecule has 258 valence electrons. The molecule has 7 rings (SSSR count). The van der Waals surface area contributed by atoms with E-state index in [4.69, 9.17) is 5.26 Å². The fourth-order valence-electron chi connectivity index (χ4n) is 7.19. The van der Waals surface area contributed by atoms with Crippen molar-refractivity contribution in [2.45, 2.75) is 44.4 Å². The minimum Gasteiger partial charge on any atom is -0.371 e. The van der Waals surface area contributed by atoms with Crippen molar-refractivity contribution in [3.05, 3.63) is 71.0 Å². The zero-order valence-corrected chi connectivity index (χ0v) is 27.0. The van der Waals surface area contributed by atoms with E-state index in [1.807, 2.05) is 0 Å². The molecule has 3 fully saturated rings. The van der Waals surface area contributed by atoms with Gasteiger partial charge in [-0.15, -0.1) is 0 Å². The van der Waals surface area contributed by atoms with Crippen LogP contribution in [0.3, 0.4) is 0 Å². The summed E-state index contributed by atoms with van der Waals surface area (Å²) in [6.07, 6.45) is -1.25. The van der Waals surface area contributed by atoms with Crippen LogP contribution < -0.4 is 20.4 Å². The predicted octanol–water partition coefficient (Wildman–Crippen LogP) is 3.12. The summed E-state index contributed by atoms with van der Waals surface area (Å²) < 4.78 is 41.8. The maximum absolute atomic E-state index is 13.4. The van der Waals surface area contributed by atoms with Crippen LogP contribution in [-0.4, -0.2) is 76.4 Å². The molecular weight excluding hydrogens is 657 g/mol. The van der Waals surface area contributed by atoms with Crippen LogP contribution >= 0.6 is 0 Å². The lowest BCUT2D eigenvalue weighted by Crippen LogP contribution is -2.54. The van der Waals surface area contributed by atoms with Crippen molar-refractivity contribution >= 4 is 46.6 Å². The van der Waals surface area contributed by atoms with Gasteiger partial charge in [0, 0.05) is 62.0 Å². The first-order chi connectivity index (χ1) is 23.6. The third-order valence-electron chi connectivity index (χ3n) is 10.0. The molecule has 0 radical (unpaired) electrons. The van der Waals surface area contributed by atoms with E-state index in [1.54, 1.807) is 44.4 Å². The van der Waals surface area contributed by atoms with Gasteiger partial charge in [-0.25, -0.2) is 0 Å². The second-order valence-corrected chi connectivity index (χ2v) is 13.5. The first-order valence-electron chi connectivity index (χ1n) is 16.0. The predicted molar refractivity (Wildman–Crippen MR) is 171 cm³/mol. The molecule has 0 spiro atoms. The van der Waals surface area contributed by atoms with E-state index in [9.17, 15) is 37.1 Å². The van der Waals surface area contributed by atoms with E-state index < -0.39 is 58.4 Å². The molecule has 2 aromatic carbocycles. The maximum atomic E-state index is 13.4. The molecular formula is C34H31F3N8O5. The molecule has 4 aliphatic heterocycles. The van der Waals surface area contributed by atoms with Gasteiger partial charge in [0.2, 0.25) is 11.8 Å². The van der Waals surface area contributed by atoms with Crippen molar-refractivity contribution in [2.24, 2.45) is 11.8 Å². The third kappa shape index (κ3) is 5.52. The van der Waals surface area contributed by atoms with E-state index in [1.165, 1.54) is 16.8 Å². The number of halogens is 3. The van der Waals surface area contributed by atoms with Crippen LogP contribution in [0.2, 0.25) is 0 Å². The van der Waals surface area contributed by atoms with E-state index in [-0.39, 0.29) is 41.5 Å². The summed E-state index contributed by atoms with van der Waals surface area (Å²) >= 11 is 0. The van der Waals surface area contributed by atoms with Gasteiger partial charge in [0.15, 0.2) is 0 Å². The summed E-state index contributed by atoms with van der Waals surface area (Å²) in [6, 6.07) is 8.61. The lowest BCUT2D eigenvalue weighted by molar-refractivity contribution is -0.138. The number of amides is 5. The number of hydrogen-bond donors (Lipinski definition) is 2. The Kier molecular flexibility index (Phi) is 7.68. The smallest absolute Gasteiger partial charge is 0.371 e. The van der Waals surface area contributed by atoms with Crippen molar-refractivity contribution < 1.29 is 37.1 Å².